The van der Waals surface area contributed by atoms with Crippen molar-refractivity contribution in [2.45, 2.75) is 45.7 Å². The molecule has 3 rings (SSSR count). The van der Waals surface area contributed by atoms with E-state index in [0.29, 0.717) is 12.1 Å². The molecule has 0 spiro atoms. The van der Waals surface area contributed by atoms with Crippen LogP contribution in [0.15, 0.2) is 48.5 Å². The van der Waals surface area contributed by atoms with E-state index < -0.39 is 5.91 Å². The van der Waals surface area contributed by atoms with Crippen LogP contribution in [-0.4, -0.2) is 36.1 Å². The zero-order valence-electron chi connectivity index (χ0n) is 16.2. The average molecular weight is 367 g/mol. The Morgan fingerprint density at radius 1 is 1.07 bits per heavy atom. The van der Waals surface area contributed by atoms with E-state index in [1.54, 1.807) is 6.07 Å². The Kier molecular flexibility index (Phi) is 6.61. The third-order valence-electron chi connectivity index (χ3n) is 4.86. The predicted octanol–water partition coefficient (Wildman–Crippen LogP) is 2.68. The summed E-state index contributed by atoms with van der Waals surface area (Å²) < 4.78 is 5.84. The molecule has 144 valence electrons. The van der Waals surface area contributed by atoms with Gasteiger partial charge in [0.25, 0.3) is 0 Å². The summed E-state index contributed by atoms with van der Waals surface area (Å²) in [6.45, 7) is 8.62. The lowest BCUT2D eigenvalue weighted by Gasteiger charge is -2.35. The molecule has 0 saturated carbocycles. The van der Waals surface area contributed by atoms with Gasteiger partial charge in [-0.05, 0) is 42.7 Å². The Morgan fingerprint density at radius 3 is 2.48 bits per heavy atom. The first-order valence-electron chi connectivity index (χ1n) is 9.55. The molecule has 1 amide bonds. The first-order chi connectivity index (χ1) is 13.0. The molecule has 27 heavy (non-hydrogen) atoms. The summed E-state index contributed by atoms with van der Waals surface area (Å²) in [4.78, 5) is 13.8. The Hall–Kier alpha value is -2.21. The van der Waals surface area contributed by atoms with E-state index in [9.17, 15) is 4.79 Å². The van der Waals surface area contributed by atoms with E-state index in [2.05, 4.69) is 48.3 Å². The van der Waals surface area contributed by atoms with Crippen LogP contribution >= 0.6 is 0 Å². The highest BCUT2D eigenvalue weighted by molar-refractivity contribution is 5.92. The molecule has 0 aromatic heterocycles. The van der Waals surface area contributed by atoms with Crippen LogP contribution in [0.25, 0.3) is 0 Å². The number of carbonyl (C=O) groups is 1. The molecular formula is C22H29N3O2. The number of amides is 1. The van der Waals surface area contributed by atoms with Gasteiger partial charge < -0.3 is 15.8 Å². The maximum Gasteiger partial charge on any atom is 0.248 e. The van der Waals surface area contributed by atoms with E-state index >= 15 is 0 Å². The maximum atomic E-state index is 11.3. The molecule has 5 nitrogen and oxygen atoms in total. The van der Waals surface area contributed by atoms with Crippen LogP contribution in [0.2, 0.25) is 0 Å². The van der Waals surface area contributed by atoms with Crippen molar-refractivity contribution in [2.75, 3.05) is 13.1 Å². The largest absolute Gasteiger partial charge is 0.373 e. The van der Waals surface area contributed by atoms with E-state index in [1.165, 1.54) is 11.1 Å². The molecule has 1 saturated heterocycles. The molecule has 5 heteroatoms. The molecule has 0 aliphatic carbocycles. The first-order valence-corrected chi connectivity index (χ1v) is 9.55. The Labute approximate surface area is 161 Å². The van der Waals surface area contributed by atoms with Crippen LogP contribution in [-0.2, 0) is 24.4 Å². The van der Waals surface area contributed by atoms with Gasteiger partial charge >= 0.3 is 0 Å². The second-order valence-corrected chi connectivity index (χ2v) is 7.39. The number of hydrogen-bond donors (Lipinski definition) is 2. The van der Waals surface area contributed by atoms with Crippen molar-refractivity contribution < 1.29 is 9.53 Å². The normalized spacial score (nSPS) is 20.5. The second kappa shape index (κ2) is 9.13. The van der Waals surface area contributed by atoms with Crippen LogP contribution in [0.1, 0.15) is 40.9 Å². The third-order valence-corrected chi connectivity index (χ3v) is 4.86. The predicted molar refractivity (Wildman–Crippen MR) is 107 cm³/mol. The van der Waals surface area contributed by atoms with Crippen LogP contribution in [0.4, 0.5) is 0 Å². The topological polar surface area (TPSA) is 67.6 Å². The molecule has 1 fully saturated rings. The summed E-state index contributed by atoms with van der Waals surface area (Å²) in [7, 11) is 0. The number of rotatable bonds is 7. The van der Waals surface area contributed by atoms with Crippen molar-refractivity contribution in [1.29, 1.82) is 0 Å². The zero-order valence-corrected chi connectivity index (χ0v) is 16.2. The lowest BCUT2D eigenvalue weighted by atomic mass is 10.1. The number of carbonyl (C=O) groups excluding carboxylic acids is 1. The van der Waals surface area contributed by atoms with Crippen molar-refractivity contribution in [3.05, 3.63) is 70.8 Å². The minimum absolute atomic E-state index is 0.275. The van der Waals surface area contributed by atoms with Gasteiger partial charge in [0.15, 0.2) is 0 Å². The standard InChI is InChI=1S/C22H29N3O2/c1-16-13-25(14-17(2)27-16)15-21-8-4-3-7-20(21)12-24-11-18-6-5-9-19(10-18)22(23)26/h3-10,16-17,24H,11-15H2,1-2H3,(H2,23,26)/t16-,17+. The summed E-state index contributed by atoms with van der Waals surface area (Å²) in [6, 6.07) is 16.0. The minimum Gasteiger partial charge on any atom is -0.373 e. The number of primary amides is 1. The number of hydrogen-bond acceptors (Lipinski definition) is 4. The van der Waals surface area contributed by atoms with Gasteiger partial charge in [0.05, 0.1) is 12.2 Å². The molecule has 2 aromatic rings. The Bertz CT molecular complexity index is 768. The average Bonchev–Trinajstić information content (AvgIpc) is 2.62. The molecule has 3 N–H and O–H groups in total. The smallest absolute Gasteiger partial charge is 0.248 e. The highest BCUT2D eigenvalue weighted by Crippen LogP contribution is 2.17. The molecule has 1 aliphatic heterocycles. The summed E-state index contributed by atoms with van der Waals surface area (Å²) in [5.74, 6) is -0.392. The van der Waals surface area contributed by atoms with E-state index in [-0.39, 0.29) is 12.2 Å². The van der Waals surface area contributed by atoms with Gasteiger partial charge in [0, 0.05) is 38.3 Å². The molecular weight excluding hydrogens is 338 g/mol. The van der Waals surface area contributed by atoms with Gasteiger partial charge in [-0.2, -0.15) is 0 Å². The van der Waals surface area contributed by atoms with Crippen molar-refractivity contribution >= 4 is 5.91 Å². The van der Waals surface area contributed by atoms with E-state index in [0.717, 1.165) is 31.7 Å². The van der Waals surface area contributed by atoms with Crippen LogP contribution in [0, 0.1) is 0 Å². The van der Waals surface area contributed by atoms with Crippen LogP contribution < -0.4 is 11.1 Å². The van der Waals surface area contributed by atoms with Gasteiger partial charge in [0.2, 0.25) is 5.91 Å². The van der Waals surface area contributed by atoms with Gasteiger partial charge in [-0.1, -0.05) is 36.4 Å². The monoisotopic (exact) mass is 367 g/mol. The van der Waals surface area contributed by atoms with E-state index in [4.69, 9.17) is 10.5 Å². The molecule has 0 radical (unpaired) electrons. The number of nitrogens with one attached hydrogen (secondary N) is 1. The highest BCUT2D eigenvalue weighted by atomic mass is 16.5. The molecule has 2 aromatic carbocycles. The van der Waals surface area contributed by atoms with Crippen molar-refractivity contribution in [3.8, 4) is 0 Å². The van der Waals surface area contributed by atoms with Gasteiger partial charge in [-0.15, -0.1) is 0 Å². The summed E-state index contributed by atoms with van der Waals surface area (Å²) in [6.07, 6.45) is 0.549. The number of ether oxygens (including phenoxy) is 1. The Morgan fingerprint density at radius 2 is 1.78 bits per heavy atom. The van der Waals surface area contributed by atoms with E-state index in [1.807, 2.05) is 18.2 Å². The maximum absolute atomic E-state index is 11.3. The fraction of sp³-hybridized carbons (Fsp3) is 0.409. The number of morpholine rings is 1. The minimum atomic E-state index is -0.392. The second-order valence-electron chi connectivity index (χ2n) is 7.39. The Balaban J connectivity index is 1.59. The van der Waals surface area contributed by atoms with Gasteiger partial charge in [-0.3, -0.25) is 9.69 Å². The fourth-order valence-electron chi connectivity index (χ4n) is 3.71. The highest BCUT2D eigenvalue weighted by Gasteiger charge is 2.22. The molecule has 0 bridgehead atoms. The lowest BCUT2D eigenvalue weighted by molar-refractivity contribution is -0.0705. The summed E-state index contributed by atoms with van der Waals surface area (Å²) in [5.41, 5.74) is 9.61. The van der Waals surface area contributed by atoms with Crippen LogP contribution in [0.5, 0.6) is 0 Å². The van der Waals surface area contributed by atoms with Crippen LogP contribution in [0.3, 0.4) is 0 Å². The third kappa shape index (κ3) is 5.63. The van der Waals surface area contributed by atoms with Crippen molar-refractivity contribution in [2.24, 2.45) is 5.73 Å². The molecule has 1 aliphatic rings. The van der Waals surface area contributed by atoms with Crippen molar-refractivity contribution in [3.63, 3.8) is 0 Å². The SMILES string of the molecule is C[C@@H]1CN(Cc2ccccc2CNCc2cccc(C(N)=O)c2)C[C@H](C)O1. The van der Waals surface area contributed by atoms with Gasteiger partial charge in [-0.25, -0.2) is 0 Å². The van der Waals surface area contributed by atoms with Crippen molar-refractivity contribution in [1.82, 2.24) is 10.2 Å². The zero-order chi connectivity index (χ0) is 19.2. The molecule has 1 heterocycles. The molecule has 0 unspecified atom stereocenters. The van der Waals surface area contributed by atoms with Gasteiger partial charge in [0.1, 0.15) is 0 Å². The number of benzene rings is 2. The molecule has 2 atom stereocenters. The first kappa shape index (κ1) is 19.5. The number of nitrogens with two attached hydrogens (primary N) is 1. The number of nitrogens with zero attached hydrogens (tertiary/aromatic N) is 1. The fourth-order valence-corrected chi connectivity index (χ4v) is 3.71. The lowest BCUT2D eigenvalue weighted by Crippen LogP contribution is -2.45. The summed E-state index contributed by atoms with van der Waals surface area (Å²) in [5, 5.41) is 3.48. The summed E-state index contributed by atoms with van der Waals surface area (Å²) >= 11 is 0. The quantitative estimate of drug-likeness (QED) is 0.790.